The third-order valence-corrected chi connectivity index (χ3v) is 4.53. The summed E-state index contributed by atoms with van der Waals surface area (Å²) in [6.45, 7) is 4.49. The van der Waals surface area contributed by atoms with Crippen molar-refractivity contribution in [3.8, 4) is 0 Å². The lowest BCUT2D eigenvalue weighted by Crippen LogP contribution is -2.17. The molecule has 0 saturated carbocycles. The summed E-state index contributed by atoms with van der Waals surface area (Å²) in [6.07, 6.45) is 3.67. The van der Waals surface area contributed by atoms with Crippen LogP contribution in [0.1, 0.15) is 17.8 Å². The van der Waals surface area contributed by atoms with Gasteiger partial charge < -0.3 is 5.73 Å². The Morgan fingerprint density at radius 3 is 2.57 bits per heavy atom. The average Bonchev–Trinajstić information content (AvgIpc) is 2.72. The Labute approximate surface area is 123 Å². The standard InChI is InChI=1S/C12H18N6O2S/c1-9-11(10(2)18(16-9)8-3-5-13)21(19,20)17-12-14-6-4-7-15-12/h4,6-7H,3,5,8,13H2,1-2H3,(H,14,15,17). The maximum absolute atomic E-state index is 12.5. The molecular formula is C12H18N6O2S. The van der Waals surface area contributed by atoms with Crippen LogP contribution in [-0.2, 0) is 16.6 Å². The number of sulfonamides is 1. The van der Waals surface area contributed by atoms with Crippen LogP contribution in [0.5, 0.6) is 0 Å². The predicted octanol–water partition coefficient (Wildman–Crippen LogP) is 0.440. The maximum Gasteiger partial charge on any atom is 0.267 e. The number of hydrogen-bond acceptors (Lipinski definition) is 6. The normalized spacial score (nSPS) is 11.6. The lowest BCUT2D eigenvalue weighted by molar-refractivity contribution is 0.565. The van der Waals surface area contributed by atoms with E-state index < -0.39 is 10.0 Å². The summed E-state index contributed by atoms with van der Waals surface area (Å²) in [6, 6.07) is 1.61. The number of nitrogens with zero attached hydrogens (tertiary/aromatic N) is 4. The number of nitrogens with two attached hydrogens (primary N) is 1. The first-order chi connectivity index (χ1) is 9.95. The van der Waals surface area contributed by atoms with Crippen LogP contribution in [-0.4, -0.2) is 34.7 Å². The Morgan fingerprint density at radius 2 is 1.95 bits per heavy atom. The first-order valence-corrected chi connectivity index (χ1v) is 7.98. The van der Waals surface area contributed by atoms with E-state index in [1.807, 2.05) is 0 Å². The quantitative estimate of drug-likeness (QED) is 0.799. The first kappa shape index (κ1) is 15.4. The zero-order valence-electron chi connectivity index (χ0n) is 11.9. The Balaban J connectivity index is 2.34. The molecule has 0 aliphatic heterocycles. The molecule has 0 amide bonds. The van der Waals surface area contributed by atoms with Gasteiger partial charge in [-0.3, -0.25) is 4.68 Å². The molecule has 2 aromatic heterocycles. The summed E-state index contributed by atoms with van der Waals surface area (Å²) in [4.78, 5) is 7.88. The molecule has 9 heteroatoms. The molecule has 0 unspecified atom stereocenters. The van der Waals surface area contributed by atoms with Gasteiger partial charge in [0.25, 0.3) is 10.0 Å². The Bertz CT molecular complexity index is 711. The minimum absolute atomic E-state index is 0.0333. The Hall–Kier alpha value is -2.00. The smallest absolute Gasteiger partial charge is 0.267 e. The lowest BCUT2D eigenvalue weighted by atomic mass is 10.4. The third-order valence-electron chi connectivity index (χ3n) is 2.95. The van der Waals surface area contributed by atoms with Crippen LogP contribution in [0.25, 0.3) is 0 Å². The van der Waals surface area contributed by atoms with Crippen LogP contribution in [0, 0.1) is 13.8 Å². The molecular weight excluding hydrogens is 292 g/mol. The molecule has 0 fully saturated rings. The van der Waals surface area contributed by atoms with Crippen molar-refractivity contribution in [2.75, 3.05) is 11.3 Å². The van der Waals surface area contributed by atoms with Gasteiger partial charge in [0, 0.05) is 18.9 Å². The Kier molecular flexibility index (Phi) is 4.53. The van der Waals surface area contributed by atoms with Crippen molar-refractivity contribution in [1.82, 2.24) is 19.7 Å². The van der Waals surface area contributed by atoms with E-state index in [1.54, 1.807) is 24.6 Å². The highest BCUT2D eigenvalue weighted by molar-refractivity contribution is 7.92. The fourth-order valence-corrected chi connectivity index (χ4v) is 3.42. The van der Waals surface area contributed by atoms with Crippen molar-refractivity contribution in [2.24, 2.45) is 5.73 Å². The molecule has 2 aromatic rings. The zero-order chi connectivity index (χ0) is 15.5. The van der Waals surface area contributed by atoms with E-state index in [1.165, 1.54) is 12.4 Å². The Morgan fingerprint density at radius 1 is 1.29 bits per heavy atom. The summed E-state index contributed by atoms with van der Waals surface area (Å²) < 4.78 is 28.9. The highest BCUT2D eigenvalue weighted by Gasteiger charge is 2.25. The number of aromatic nitrogens is 4. The van der Waals surface area contributed by atoms with Crippen molar-refractivity contribution in [1.29, 1.82) is 0 Å². The molecule has 0 atom stereocenters. The molecule has 21 heavy (non-hydrogen) atoms. The molecule has 114 valence electrons. The summed E-state index contributed by atoms with van der Waals surface area (Å²) >= 11 is 0. The minimum Gasteiger partial charge on any atom is -0.330 e. The number of aryl methyl sites for hydroxylation is 2. The molecule has 8 nitrogen and oxygen atoms in total. The second-order valence-electron chi connectivity index (χ2n) is 4.54. The van der Waals surface area contributed by atoms with Crippen LogP contribution in [0.4, 0.5) is 5.95 Å². The molecule has 0 aliphatic rings. The molecule has 3 N–H and O–H groups in total. The maximum atomic E-state index is 12.5. The molecule has 2 heterocycles. The summed E-state index contributed by atoms with van der Waals surface area (Å²) in [7, 11) is -3.77. The highest BCUT2D eigenvalue weighted by Crippen LogP contribution is 2.21. The van der Waals surface area contributed by atoms with Crippen LogP contribution in [0.15, 0.2) is 23.4 Å². The average molecular weight is 310 g/mol. The molecule has 0 saturated heterocycles. The summed E-state index contributed by atoms with van der Waals surface area (Å²) in [5, 5.41) is 4.26. The van der Waals surface area contributed by atoms with Crippen molar-refractivity contribution in [3.63, 3.8) is 0 Å². The first-order valence-electron chi connectivity index (χ1n) is 6.49. The van der Waals surface area contributed by atoms with Gasteiger partial charge in [-0.05, 0) is 32.9 Å². The van der Waals surface area contributed by atoms with E-state index in [4.69, 9.17) is 5.73 Å². The van der Waals surface area contributed by atoms with Gasteiger partial charge in [-0.15, -0.1) is 0 Å². The monoisotopic (exact) mass is 310 g/mol. The molecule has 0 aliphatic carbocycles. The second-order valence-corrected chi connectivity index (χ2v) is 6.16. The minimum atomic E-state index is -3.77. The van der Waals surface area contributed by atoms with Crippen LogP contribution >= 0.6 is 0 Å². The lowest BCUT2D eigenvalue weighted by Gasteiger charge is -2.07. The van der Waals surface area contributed by atoms with Crippen LogP contribution in [0.3, 0.4) is 0 Å². The summed E-state index contributed by atoms with van der Waals surface area (Å²) in [5.74, 6) is 0.0333. The second kappa shape index (κ2) is 6.19. The SMILES string of the molecule is Cc1nn(CCCN)c(C)c1S(=O)(=O)Nc1ncccn1. The number of hydrogen-bond donors (Lipinski definition) is 2. The fourth-order valence-electron chi connectivity index (χ4n) is 2.05. The van der Waals surface area contributed by atoms with E-state index in [2.05, 4.69) is 19.8 Å². The molecule has 0 radical (unpaired) electrons. The van der Waals surface area contributed by atoms with Crippen molar-refractivity contribution in [2.45, 2.75) is 31.7 Å². The molecule has 0 aromatic carbocycles. The third kappa shape index (κ3) is 3.37. The van der Waals surface area contributed by atoms with Gasteiger partial charge in [0.2, 0.25) is 5.95 Å². The number of anilines is 1. The van der Waals surface area contributed by atoms with Gasteiger partial charge in [0.15, 0.2) is 0 Å². The molecule has 0 bridgehead atoms. The van der Waals surface area contributed by atoms with Gasteiger partial charge in [0.05, 0.1) is 11.4 Å². The van der Waals surface area contributed by atoms with E-state index in [0.717, 1.165) is 6.42 Å². The zero-order valence-corrected chi connectivity index (χ0v) is 12.8. The van der Waals surface area contributed by atoms with E-state index in [-0.39, 0.29) is 10.8 Å². The van der Waals surface area contributed by atoms with Gasteiger partial charge >= 0.3 is 0 Å². The van der Waals surface area contributed by atoms with Gasteiger partial charge in [-0.1, -0.05) is 0 Å². The van der Waals surface area contributed by atoms with E-state index >= 15 is 0 Å². The van der Waals surface area contributed by atoms with Gasteiger partial charge in [-0.25, -0.2) is 23.1 Å². The highest BCUT2D eigenvalue weighted by atomic mass is 32.2. The van der Waals surface area contributed by atoms with Crippen LogP contribution in [0.2, 0.25) is 0 Å². The summed E-state index contributed by atoms with van der Waals surface area (Å²) in [5.41, 5.74) is 6.48. The van der Waals surface area contributed by atoms with Crippen LogP contribution < -0.4 is 10.5 Å². The predicted molar refractivity (Wildman–Crippen MR) is 78.2 cm³/mol. The number of rotatable bonds is 6. The number of nitrogens with one attached hydrogen (secondary N) is 1. The van der Waals surface area contributed by atoms with Crippen molar-refractivity contribution < 1.29 is 8.42 Å². The largest absolute Gasteiger partial charge is 0.330 e. The topological polar surface area (TPSA) is 116 Å². The van der Waals surface area contributed by atoms with Crippen molar-refractivity contribution >= 4 is 16.0 Å². The van der Waals surface area contributed by atoms with Gasteiger partial charge in [0.1, 0.15) is 4.90 Å². The van der Waals surface area contributed by atoms with Crippen molar-refractivity contribution in [3.05, 3.63) is 29.8 Å². The van der Waals surface area contributed by atoms with E-state index in [9.17, 15) is 8.42 Å². The van der Waals surface area contributed by atoms with E-state index in [0.29, 0.717) is 24.5 Å². The fraction of sp³-hybridized carbons (Fsp3) is 0.417. The van der Waals surface area contributed by atoms with Gasteiger partial charge in [-0.2, -0.15) is 5.10 Å². The molecule has 0 spiro atoms. The molecule has 2 rings (SSSR count).